The van der Waals surface area contributed by atoms with Gasteiger partial charge in [-0.3, -0.25) is 4.79 Å². The molecule has 1 N–H and O–H groups in total. The van der Waals surface area contributed by atoms with Gasteiger partial charge >= 0.3 is 0 Å². The van der Waals surface area contributed by atoms with Crippen LogP contribution in [0.3, 0.4) is 0 Å². The number of aromatic nitrogens is 1. The van der Waals surface area contributed by atoms with E-state index >= 15 is 0 Å². The lowest BCUT2D eigenvalue weighted by molar-refractivity contribution is 0.102. The van der Waals surface area contributed by atoms with Gasteiger partial charge in [0.1, 0.15) is 5.69 Å². The molecule has 3 aromatic rings. The van der Waals surface area contributed by atoms with Crippen molar-refractivity contribution < 1.29 is 17.6 Å². The lowest BCUT2D eigenvalue weighted by atomic mass is 10.2. The van der Waals surface area contributed by atoms with E-state index in [-0.39, 0.29) is 10.8 Å². The summed E-state index contributed by atoms with van der Waals surface area (Å²) in [7, 11) is -3.35. The summed E-state index contributed by atoms with van der Waals surface area (Å²) in [6.45, 7) is 3.60. The molecule has 8 heteroatoms. The third-order valence-corrected chi connectivity index (χ3v) is 5.72. The van der Waals surface area contributed by atoms with Crippen LogP contribution in [-0.4, -0.2) is 25.6 Å². The minimum atomic E-state index is -3.35. The number of hydrogen-bond acceptors (Lipinski definition) is 6. The first-order valence-electron chi connectivity index (χ1n) is 7.39. The average Bonchev–Trinajstić information content (AvgIpc) is 3.17. The molecule has 0 saturated heterocycles. The van der Waals surface area contributed by atoms with Gasteiger partial charge in [-0.15, -0.1) is 11.3 Å². The molecule has 0 aliphatic rings. The second-order valence-electron chi connectivity index (χ2n) is 5.60. The van der Waals surface area contributed by atoms with Crippen LogP contribution < -0.4 is 5.32 Å². The normalized spacial score (nSPS) is 11.5. The van der Waals surface area contributed by atoms with Gasteiger partial charge in [-0.05, 0) is 43.7 Å². The molecular formula is C17H16N2O4S2. The molecule has 25 heavy (non-hydrogen) atoms. The number of nitrogens with zero attached hydrogens (tertiary/aromatic N) is 1. The number of rotatable bonds is 4. The summed E-state index contributed by atoms with van der Waals surface area (Å²) in [5, 5.41) is 3.37. The second-order valence-corrected chi connectivity index (χ2v) is 8.82. The number of furan rings is 1. The number of aryl methyl sites for hydroxylation is 2. The van der Waals surface area contributed by atoms with Crippen LogP contribution in [-0.2, 0) is 9.84 Å². The zero-order valence-electron chi connectivity index (χ0n) is 13.9. The Kier molecular flexibility index (Phi) is 4.49. The molecule has 2 aromatic heterocycles. The van der Waals surface area contributed by atoms with Crippen LogP contribution >= 0.6 is 11.3 Å². The van der Waals surface area contributed by atoms with Gasteiger partial charge in [0, 0.05) is 16.8 Å². The van der Waals surface area contributed by atoms with Gasteiger partial charge in [0.2, 0.25) is 0 Å². The Morgan fingerprint density at radius 2 is 2.00 bits per heavy atom. The highest BCUT2D eigenvalue weighted by Gasteiger charge is 2.19. The summed E-state index contributed by atoms with van der Waals surface area (Å²) in [6, 6.07) is 8.17. The fraction of sp³-hybridized carbons (Fsp3) is 0.176. The Morgan fingerprint density at radius 3 is 2.64 bits per heavy atom. The zero-order chi connectivity index (χ0) is 18.2. The van der Waals surface area contributed by atoms with E-state index in [2.05, 4.69) is 10.3 Å². The first-order chi connectivity index (χ1) is 11.8. The molecule has 0 fully saturated rings. The Morgan fingerprint density at radius 1 is 1.24 bits per heavy atom. The van der Waals surface area contributed by atoms with Crippen LogP contribution in [0.25, 0.3) is 10.8 Å². The summed E-state index contributed by atoms with van der Waals surface area (Å²) in [5.74, 6) is 0.211. The molecule has 0 spiro atoms. The van der Waals surface area contributed by atoms with E-state index in [1.807, 2.05) is 0 Å². The van der Waals surface area contributed by atoms with Gasteiger partial charge < -0.3 is 9.73 Å². The van der Waals surface area contributed by atoms with Crippen molar-refractivity contribution in [3.63, 3.8) is 0 Å². The van der Waals surface area contributed by atoms with Gasteiger partial charge in [-0.1, -0.05) is 6.07 Å². The quantitative estimate of drug-likeness (QED) is 0.750. The maximum Gasteiger partial charge on any atom is 0.275 e. The number of hydrogen-bond donors (Lipinski definition) is 1. The molecule has 130 valence electrons. The summed E-state index contributed by atoms with van der Waals surface area (Å²) in [6.07, 6.45) is 2.68. The Hall–Kier alpha value is -2.45. The van der Waals surface area contributed by atoms with Crippen molar-refractivity contribution in [1.29, 1.82) is 0 Å². The first kappa shape index (κ1) is 17.4. The molecule has 0 saturated carbocycles. The van der Waals surface area contributed by atoms with Crippen LogP contribution in [0.4, 0.5) is 5.69 Å². The van der Waals surface area contributed by atoms with Gasteiger partial charge in [-0.2, -0.15) is 0 Å². The van der Waals surface area contributed by atoms with Gasteiger partial charge in [-0.25, -0.2) is 13.4 Å². The monoisotopic (exact) mass is 376 g/mol. The van der Waals surface area contributed by atoms with Crippen LogP contribution in [0, 0.1) is 13.8 Å². The topological polar surface area (TPSA) is 89.3 Å². The number of nitrogens with one attached hydrogen (secondary N) is 1. The molecule has 3 rings (SSSR count). The van der Waals surface area contributed by atoms with Crippen LogP contribution in [0.15, 0.2) is 45.9 Å². The van der Waals surface area contributed by atoms with Crippen molar-refractivity contribution in [3.05, 3.63) is 52.7 Å². The predicted molar refractivity (Wildman–Crippen MR) is 96.8 cm³/mol. The molecule has 1 amide bonds. The van der Waals surface area contributed by atoms with Crippen molar-refractivity contribution in [3.8, 4) is 10.8 Å². The summed E-state index contributed by atoms with van der Waals surface area (Å²) in [4.78, 5) is 17.8. The molecule has 2 heterocycles. The molecular weight excluding hydrogens is 360 g/mol. The van der Waals surface area contributed by atoms with E-state index in [1.54, 1.807) is 38.3 Å². The van der Waals surface area contributed by atoms with Crippen molar-refractivity contribution in [2.24, 2.45) is 0 Å². The minimum Gasteiger partial charge on any atom is -0.462 e. The summed E-state index contributed by atoms with van der Waals surface area (Å²) in [5.41, 5.74) is 1.50. The van der Waals surface area contributed by atoms with E-state index in [4.69, 9.17) is 4.42 Å². The molecule has 0 bridgehead atoms. The number of benzene rings is 1. The Labute approximate surface area is 149 Å². The average molecular weight is 376 g/mol. The standard InChI is InChI=1S/C17H16N2O4S2/c1-10-6-7-12(25(3,21)22)9-13(10)18-16(20)15-11(2)24-17(19-15)14-5-4-8-23-14/h4-9H,1-3H3,(H,18,20). The molecule has 0 atom stereocenters. The largest absolute Gasteiger partial charge is 0.462 e. The summed E-state index contributed by atoms with van der Waals surface area (Å²) >= 11 is 1.36. The SMILES string of the molecule is Cc1ccc(S(C)(=O)=O)cc1NC(=O)c1nc(-c2ccco2)sc1C. The maximum absolute atomic E-state index is 12.6. The fourth-order valence-corrected chi connectivity index (χ4v) is 3.79. The Bertz CT molecular complexity index is 1030. The number of carbonyl (C=O) groups is 1. The zero-order valence-corrected chi connectivity index (χ0v) is 15.5. The van der Waals surface area contributed by atoms with Crippen LogP contribution in [0.5, 0.6) is 0 Å². The highest BCUT2D eigenvalue weighted by molar-refractivity contribution is 7.90. The smallest absolute Gasteiger partial charge is 0.275 e. The fourth-order valence-electron chi connectivity index (χ4n) is 2.26. The molecule has 0 radical (unpaired) electrons. The number of sulfone groups is 1. The van der Waals surface area contributed by atoms with E-state index in [9.17, 15) is 13.2 Å². The maximum atomic E-state index is 12.6. The number of thiazole rings is 1. The second kappa shape index (κ2) is 6.45. The number of carbonyl (C=O) groups excluding carboxylic acids is 1. The molecule has 0 aliphatic carbocycles. The molecule has 0 unspecified atom stereocenters. The van der Waals surface area contributed by atoms with E-state index in [0.717, 1.165) is 16.7 Å². The number of anilines is 1. The first-order valence-corrected chi connectivity index (χ1v) is 10.1. The summed E-state index contributed by atoms with van der Waals surface area (Å²) < 4.78 is 28.7. The molecule has 6 nitrogen and oxygen atoms in total. The molecule has 0 aliphatic heterocycles. The van der Waals surface area contributed by atoms with E-state index in [0.29, 0.717) is 22.1 Å². The van der Waals surface area contributed by atoms with Crippen molar-refractivity contribution in [2.45, 2.75) is 18.7 Å². The third kappa shape index (κ3) is 3.64. The van der Waals surface area contributed by atoms with Gasteiger partial charge in [0.25, 0.3) is 5.91 Å². The number of amides is 1. The van der Waals surface area contributed by atoms with Crippen molar-refractivity contribution >= 4 is 32.8 Å². The van der Waals surface area contributed by atoms with Crippen LogP contribution in [0.2, 0.25) is 0 Å². The lowest BCUT2D eigenvalue weighted by Gasteiger charge is -2.09. The lowest BCUT2D eigenvalue weighted by Crippen LogP contribution is -2.15. The third-order valence-electron chi connectivity index (χ3n) is 3.63. The van der Waals surface area contributed by atoms with Crippen LogP contribution in [0.1, 0.15) is 20.9 Å². The highest BCUT2D eigenvalue weighted by atomic mass is 32.2. The van der Waals surface area contributed by atoms with E-state index < -0.39 is 9.84 Å². The van der Waals surface area contributed by atoms with E-state index in [1.165, 1.54) is 23.5 Å². The molecule has 1 aromatic carbocycles. The van der Waals surface area contributed by atoms with Crippen molar-refractivity contribution in [1.82, 2.24) is 4.98 Å². The van der Waals surface area contributed by atoms with Gasteiger partial charge in [0.05, 0.1) is 11.2 Å². The van der Waals surface area contributed by atoms with Crippen molar-refractivity contribution in [2.75, 3.05) is 11.6 Å². The van der Waals surface area contributed by atoms with Gasteiger partial charge in [0.15, 0.2) is 20.6 Å². The predicted octanol–water partition coefficient (Wildman–Crippen LogP) is 3.68. The minimum absolute atomic E-state index is 0.152. The Balaban J connectivity index is 1.91. The highest BCUT2D eigenvalue weighted by Crippen LogP contribution is 2.29.